The lowest BCUT2D eigenvalue weighted by Crippen LogP contribution is -2.44. The molecule has 172 valence electrons. The molecule has 11 heteroatoms. The van der Waals surface area contributed by atoms with Crippen molar-refractivity contribution in [3.8, 4) is 11.5 Å². The normalized spacial score (nSPS) is 18.5. The molecule has 1 N–H and O–H groups in total. The van der Waals surface area contributed by atoms with Crippen molar-refractivity contribution in [1.29, 1.82) is 0 Å². The van der Waals surface area contributed by atoms with Crippen molar-refractivity contribution in [1.82, 2.24) is 15.3 Å². The van der Waals surface area contributed by atoms with Crippen LogP contribution in [0.1, 0.15) is 11.4 Å². The number of carbonyl (C=O) groups excluding carboxylic acids is 1. The van der Waals surface area contributed by atoms with Gasteiger partial charge in [0.05, 0.1) is 24.5 Å². The molecule has 1 saturated heterocycles. The van der Waals surface area contributed by atoms with E-state index >= 15 is 0 Å². The number of amides is 1. The summed E-state index contributed by atoms with van der Waals surface area (Å²) in [5.41, 5.74) is 1.52. The van der Waals surface area contributed by atoms with Crippen molar-refractivity contribution < 1.29 is 32.2 Å². The maximum absolute atomic E-state index is 12.7. The van der Waals surface area contributed by atoms with E-state index in [2.05, 4.69) is 21.9 Å². The quantitative estimate of drug-likeness (QED) is 0.659. The molecule has 0 aliphatic carbocycles. The molecule has 0 bridgehead atoms. The Labute approximate surface area is 183 Å². The van der Waals surface area contributed by atoms with Gasteiger partial charge in [0.1, 0.15) is 12.4 Å². The van der Waals surface area contributed by atoms with Crippen molar-refractivity contribution in [2.45, 2.75) is 18.3 Å². The SMILES string of the molecule is C=Cc1cc(Oc2cnc(C(F)(F)F)nc2)cc(N2C[C@H](NC(=O)COC)[C@H](OC)C2)c1. The van der Waals surface area contributed by atoms with E-state index in [0.717, 1.165) is 23.6 Å². The second-order valence-electron chi connectivity index (χ2n) is 7.09. The Balaban J connectivity index is 1.79. The van der Waals surface area contributed by atoms with Gasteiger partial charge in [0, 0.05) is 39.1 Å². The summed E-state index contributed by atoms with van der Waals surface area (Å²) in [5.74, 6) is -1.05. The summed E-state index contributed by atoms with van der Waals surface area (Å²) in [6.45, 7) is 4.72. The largest absolute Gasteiger partial charge is 0.454 e. The minimum Gasteiger partial charge on any atom is -0.454 e. The highest BCUT2D eigenvalue weighted by Gasteiger charge is 2.35. The highest BCUT2D eigenvalue weighted by Crippen LogP contribution is 2.32. The predicted molar refractivity (Wildman–Crippen MR) is 110 cm³/mol. The molecule has 2 atom stereocenters. The molecule has 0 saturated carbocycles. The molecule has 1 fully saturated rings. The Morgan fingerprint density at radius 2 is 1.94 bits per heavy atom. The fourth-order valence-electron chi connectivity index (χ4n) is 3.36. The first kappa shape index (κ1) is 23.5. The van der Waals surface area contributed by atoms with Gasteiger partial charge >= 0.3 is 6.18 Å². The Morgan fingerprint density at radius 3 is 2.53 bits per heavy atom. The molecule has 1 amide bonds. The zero-order valence-corrected chi connectivity index (χ0v) is 17.6. The number of rotatable bonds is 8. The first-order valence-corrected chi connectivity index (χ1v) is 9.64. The minimum atomic E-state index is -4.63. The topological polar surface area (TPSA) is 85.8 Å². The number of ether oxygens (including phenoxy) is 3. The summed E-state index contributed by atoms with van der Waals surface area (Å²) in [6.07, 6.45) is -1.31. The van der Waals surface area contributed by atoms with Gasteiger partial charge in [0.25, 0.3) is 0 Å². The van der Waals surface area contributed by atoms with Crippen LogP contribution in [0.15, 0.2) is 37.2 Å². The van der Waals surface area contributed by atoms with E-state index in [1.54, 1.807) is 25.3 Å². The number of aromatic nitrogens is 2. The lowest BCUT2D eigenvalue weighted by Gasteiger charge is -2.20. The van der Waals surface area contributed by atoms with E-state index in [9.17, 15) is 18.0 Å². The van der Waals surface area contributed by atoms with Gasteiger partial charge in [0.15, 0.2) is 5.75 Å². The third-order valence-electron chi connectivity index (χ3n) is 4.82. The van der Waals surface area contributed by atoms with Gasteiger partial charge in [0.2, 0.25) is 11.7 Å². The summed E-state index contributed by atoms with van der Waals surface area (Å²) in [6, 6.07) is 5.06. The highest BCUT2D eigenvalue weighted by atomic mass is 19.4. The second kappa shape index (κ2) is 9.96. The molecule has 1 aliphatic heterocycles. The molecule has 1 aliphatic rings. The van der Waals surface area contributed by atoms with E-state index in [0.29, 0.717) is 18.8 Å². The molecule has 0 radical (unpaired) electrons. The molecular weight excluding hydrogens is 429 g/mol. The van der Waals surface area contributed by atoms with Crippen LogP contribution in [-0.4, -0.2) is 61.9 Å². The van der Waals surface area contributed by atoms with Gasteiger partial charge in [-0.3, -0.25) is 4.79 Å². The van der Waals surface area contributed by atoms with Gasteiger partial charge in [-0.15, -0.1) is 0 Å². The summed E-state index contributed by atoms with van der Waals surface area (Å²) in [5, 5.41) is 2.89. The van der Waals surface area contributed by atoms with Crippen LogP contribution in [0.2, 0.25) is 0 Å². The minimum absolute atomic E-state index is 0.0495. The van der Waals surface area contributed by atoms with Crippen LogP contribution in [0.25, 0.3) is 6.08 Å². The third-order valence-corrected chi connectivity index (χ3v) is 4.82. The van der Waals surface area contributed by atoms with Gasteiger partial charge in [-0.1, -0.05) is 12.7 Å². The molecular formula is C21H23F3N4O4. The Morgan fingerprint density at radius 1 is 1.22 bits per heavy atom. The summed E-state index contributed by atoms with van der Waals surface area (Å²) >= 11 is 0. The molecule has 0 spiro atoms. The number of alkyl halides is 3. The van der Waals surface area contributed by atoms with Gasteiger partial charge in [-0.05, 0) is 17.7 Å². The molecule has 2 heterocycles. The number of hydrogen-bond donors (Lipinski definition) is 1. The van der Waals surface area contributed by atoms with Crippen molar-refractivity contribution in [2.75, 3.05) is 38.8 Å². The van der Waals surface area contributed by atoms with Crippen molar-refractivity contribution in [2.24, 2.45) is 0 Å². The number of hydrogen-bond acceptors (Lipinski definition) is 7. The lowest BCUT2D eigenvalue weighted by molar-refractivity contribution is -0.145. The third kappa shape index (κ3) is 5.74. The number of anilines is 1. The van der Waals surface area contributed by atoms with E-state index in [4.69, 9.17) is 14.2 Å². The summed E-state index contributed by atoms with van der Waals surface area (Å²) < 4.78 is 54.0. The lowest BCUT2D eigenvalue weighted by atomic mass is 10.1. The van der Waals surface area contributed by atoms with E-state index in [1.165, 1.54) is 7.11 Å². The van der Waals surface area contributed by atoms with Crippen molar-refractivity contribution >= 4 is 17.7 Å². The number of halogens is 3. The molecule has 1 aromatic heterocycles. The van der Waals surface area contributed by atoms with E-state index in [1.807, 2.05) is 11.0 Å². The van der Waals surface area contributed by atoms with Crippen LogP contribution >= 0.6 is 0 Å². The fourth-order valence-corrected chi connectivity index (χ4v) is 3.36. The first-order chi connectivity index (χ1) is 15.2. The molecule has 8 nitrogen and oxygen atoms in total. The Bertz CT molecular complexity index is 953. The van der Waals surface area contributed by atoms with Crippen LogP contribution in [0, 0.1) is 0 Å². The van der Waals surface area contributed by atoms with Gasteiger partial charge < -0.3 is 24.4 Å². The number of nitrogens with one attached hydrogen (secondary N) is 1. The number of benzene rings is 1. The first-order valence-electron chi connectivity index (χ1n) is 9.64. The van der Waals surface area contributed by atoms with E-state index in [-0.39, 0.29) is 30.4 Å². The van der Waals surface area contributed by atoms with Crippen LogP contribution in [0.3, 0.4) is 0 Å². The van der Waals surface area contributed by atoms with Gasteiger partial charge in [-0.25, -0.2) is 9.97 Å². The Hall–Kier alpha value is -3.18. The molecule has 1 aromatic carbocycles. The Kier molecular flexibility index (Phi) is 7.31. The number of nitrogens with zero attached hydrogens (tertiary/aromatic N) is 3. The highest BCUT2D eigenvalue weighted by molar-refractivity contribution is 5.77. The molecule has 2 aromatic rings. The molecule has 3 rings (SSSR count). The molecule has 32 heavy (non-hydrogen) atoms. The predicted octanol–water partition coefficient (Wildman–Crippen LogP) is 2.90. The number of carbonyl (C=O) groups is 1. The average molecular weight is 452 g/mol. The smallest absolute Gasteiger partial charge is 0.451 e. The maximum Gasteiger partial charge on any atom is 0.451 e. The second-order valence-corrected chi connectivity index (χ2v) is 7.09. The van der Waals surface area contributed by atoms with Crippen LogP contribution in [-0.2, 0) is 20.4 Å². The standard InChI is InChI=1S/C21H23F3N4O4/c1-4-13-5-14(28-10-17(18(11-28)31-3)27-19(29)12-30-2)7-15(6-13)32-16-8-25-20(26-9-16)21(22,23)24/h4-9,17-18H,1,10-12H2,2-3H3,(H,27,29)/t17-,18+/m0/s1. The van der Waals surface area contributed by atoms with E-state index < -0.39 is 12.0 Å². The summed E-state index contributed by atoms with van der Waals surface area (Å²) in [7, 11) is 3.02. The summed E-state index contributed by atoms with van der Waals surface area (Å²) in [4.78, 5) is 20.5. The molecule has 0 unspecified atom stereocenters. The maximum atomic E-state index is 12.7. The fraction of sp³-hybridized carbons (Fsp3) is 0.381. The van der Waals surface area contributed by atoms with Gasteiger partial charge in [-0.2, -0.15) is 13.2 Å². The average Bonchev–Trinajstić information content (AvgIpc) is 3.16. The number of methoxy groups -OCH3 is 2. The monoisotopic (exact) mass is 452 g/mol. The zero-order chi connectivity index (χ0) is 23.3. The zero-order valence-electron chi connectivity index (χ0n) is 17.6. The van der Waals surface area contributed by atoms with Crippen LogP contribution in [0.4, 0.5) is 18.9 Å². The van der Waals surface area contributed by atoms with Crippen molar-refractivity contribution in [3.63, 3.8) is 0 Å². The van der Waals surface area contributed by atoms with Crippen LogP contribution in [0.5, 0.6) is 11.5 Å². The van der Waals surface area contributed by atoms with Crippen LogP contribution < -0.4 is 15.0 Å². The van der Waals surface area contributed by atoms with Crippen molar-refractivity contribution in [3.05, 3.63) is 48.6 Å².